The largest absolute Gasteiger partial charge is 0.356 e. The SMILES string of the molecule is CSCCCNC(=NCc1nnc(C)n1C)NC1CCCC(C)C1.I. The number of aliphatic imine (C=N–C) groups is 1. The molecule has 1 aromatic rings. The third-order valence-corrected chi connectivity index (χ3v) is 5.35. The van der Waals surface area contributed by atoms with Gasteiger partial charge in [-0.15, -0.1) is 34.2 Å². The van der Waals surface area contributed by atoms with E-state index < -0.39 is 0 Å². The minimum Gasteiger partial charge on any atom is -0.356 e. The van der Waals surface area contributed by atoms with Gasteiger partial charge in [0.25, 0.3) is 0 Å². The van der Waals surface area contributed by atoms with E-state index >= 15 is 0 Å². The molecule has 1 aliphatic rings. The first-order chi connectivity index (χ1) is 11.6. The van der Waals surface area contributed by atoms with Crippen LogP contribution in [0.15, 0.2) is 4.99 Å². The predicted molar refractivity (Wildman–Crippen MR) is 118 cm³/mol. The Morgan fingerprint density at radius 2 is 2.16 bits per heavy atom. The molecule has 25 heavy (non-hydrogen) atoms. The van der Waals surface area contributed by atoms with Crippen molar-refractivity contribution in [1.29, 1.82) is 0 Å². The van der Waals surface area contributed by atoms with Crippen molar-refractivity contribution < 1.29 is 0 Å². The molecule has 8 heteroatoms. The molecule has 1 aliphatic carbocycles. The molecule has 2 atom stereocenters. The molecule has 0 aromatic carbocycles. The Kier molecular flexibility index (Phi) is 10.8. The first-order valence-corrected chi connectivity index (χ1v) is 10.4. The van der Waals surface area contributed by atoms with Crippen LogP contribution in [0.4, 0.5) is 0 Å². The zero-order chi connectivity index (χ0) is 17.4. The second kappa shape index (κ2) is 12.0. The molecule has 2 N–H and O–H groups in total. The molecule has 1 saturated carbocycles. The van der Waals surface area contributed by atoms with Crippen LogP contribution in [0, 0.1) is 12.8 Å². The first-order valence-electron chi connectivity index (χ1n) is 8.98. The lowest BCUT2D eigenvalue weighted by molar-refractivity contribution is 0.324. The van der Waals surface area contributed by atoms with Crippen LogP contribution in [-0.2, 0) is 13.6 Å². The van der Waals surface area contributed by atoms with Crippen LogP contribution in [0.25, 0.3) is 0 Å². The fourth-order valence-corrected chi connectivity index (χ4v) is 3.51. The smallest absolute Gasteiger partial charge is 0.191 e. The highest BCUT2D eigenvalue weighted by molar-refractivity contribution is 14.0. The summed E-state index contributed by atoms with van der Waals surface area (Å²) in [6.45, 7) is 5.81. The lowest BCUT2D eigenvalue weighted by Crippen LogP contribution is -2.45. The van der Waals surface area contributed by atoms with E-state index in [9.17, 15) is 0 Å². The number of hydrogen-bond donors (Lipinski definition) is 2. The molecule has 0 radical (unpaired) electrons. The van der Waals surface area contributed by atoms with Crippen molar-refractivity contribution in [2.24, 2.45) is 18.0 Å². The summed E-state index contributed by atoms with van der Waals surface area (Å²) >= 11 is 1.88. The third-order valence-electron chi connectivity index (χ3n) is 4.66. The maximum absolute atomic E-state index is 4.75. The molecule has 2 unspecified atom stereocenters. The maximum Gasteiger partial charge on any atom is 0.191 e. The summed E-state index contributed by atoms with van der Waals surface area (Å²) in [5.41, 5.74) is 0. The van der Waals surface area contributed by atoms with E-state index in [2.05, 4.69) is 34.0 Å². The number of rotatable bonds is 7. The van der Waals surface area contributed by atoms with E-state index in [1.807, 2.05) is 30.3 Å². The van der Waals surface area contributed by atoms with Crippen LogP contribution in [0.1, 0.15) is 50.7 Å². The molecule has 0 spiro atoms. The summed E-state index contributed by atoms with van der Waals surface area (Å²) in [6, 6.07) is 0.529. The Hall–Kier alpha value is -0.510. The number of aryl methyl sites for hydroxylation is 1. The quantitative estimate of drug-likeness (QED) is 0.272. The summed E-state index contributed by atoms with van der Waals surface area (Å²) in [5, 5.41) is 15.4. The molecule has 1 heterocycles. The Morgan fingerprint density at radius 1 is 1.36 bits per heavy atom. The summed E-state index contributed by atoms with van der Waals surface area (Å²) in [4.78, 5) is 4.75. The van der Waals surface area contributed by atoms with Gasteiger partial charge in [0.2, 0.25) is 0 Å². The minimum atomic E-state index is 0. The molecule has 0 bridgehead atoms. The van der Waals surface area contributed by atoms with Crippen LogP contribution >= 0.6 is 35.7 Å². The number of halogens is 1. The Labute approximate surface area is 173 Å². The van der Waals surface area contributed by atoms with Gasteiger partial charge in [-0.3, -0.25) is 0 Å². The molecule has 144 valence electrons. The van der Waals surface area contributed by atoms with Crippen LogP contribution in [0.2, 0.25) is 0 Å². The molecule has 2 rings (SSSR count). The van der Waals surface area contributed by atoms with E-state index in [1.54, 1.807) is 0 Å². The number of hydrogen-bond acceptors (Lipinski definition) is 4. The zero-order valence-corrected chi connectivity index (χ0v) is 19.1. The lowest BCUT2D eigenvalue weighted by Gasteiger charge is -2.29. The van der Waals surface area contributed by atoms with Crippen molar-refractivity contribution in [3.8, 4) is 0 Å². The fraction of sp³-hybridized carbons (Fsp3) is 0.824. The highest BCUT2D eigenvalue weighted by atomic mass is 127. The molecule has 1 fully saturated rings. The van der Waals surface area contributed by atoms with E-state index in [1.165, 1.54) is 31.4 Å². The highest BCUT2D eigenvalue weighted by Gasteiger charge is 2.19. The van der Waals surface area contributed by atoms with E-state index in [-0.39, 0.29) is 24.0 Å². The summed E-state index contributed by atoms with van der Waals surface area (Å²) < 4.78 is 2.00. The zero-order valence-electron chi connectivity index (χ0n) is 15.9. The number of aromatic nitrogens is 3. The van der Waals surface area contributed by atoms with Crippen molar-refractivity contribution in [3.05, 3.63) is 11.6 Å². The van der Waals surface area contributed by atoms with Gasteiger partial charge in [0.15, 0.2) is 11.8 Å². The van der Waals surface area contributed by atoms with Crippen molar-refractivity contribution >= 4 is 41.7 Å². The highest BCUT2D eigenvalue weighted by Crippen LogP contribution is 2.23. The van der Waals surface area contributed by atoms with Crippen LogP contribution in [0.5, 0.6) is 0 Å². The standard InChI is InChI=1S/C17H32N6S.HI/c1-13-7-5-8-15(11-13)20-17(18-9-6-10-24-4)19-12-16-22-21-14(2)23(16)3;/h13,15H,5-12H2,1-4H3,(H2,18,19,20);1H. The van der Waals surface area contributed by atoms with Gasteiger partial charge >= 0.3 is 0 Å². The van der Waals surface area contributed by atoms with Crippen LogP contribution in [0.3, 0.4) is 0 Å². The van der Waals surface area contributed by atoms with Gasteiger partial charge in [-0.2, -0.15) is 11.8 Å². The molecular weight excluding hydrogens is 447 g/mol. The predicted octanol–water partition coefficient (Wildman–Crippen LogP) is 3.11. The summed E-state index contributed by atoms with van der Waals surface area (Å²) in [5.74, 6) is 4.70. The van der Waals surface area contributed by atoms with Gasteiger partial charge in [0.05, 0.1) is 0 Å². The van der Waals surface area contributed by atoms with Gasteiger partial charge in [0.1, 0.15) is 12.4 Å². The van der Waals surface area contributed by atoms with Crippen LogP contribution < -0.4 is 10.6 Å². The van der Waals surface area contributed by atoms with Crippen molar-refractivity contribution in [2.75, 3.05) is 18.6 Å². The van der Waals surface area contributed by atoms with E-state index in [0.29, 0.717) is 12.6 Å². The topological polar surface area (TPSA) is 67.1 Å². The number of nitrogens with zero attached hydrogens (tertiary/aromatic N) is 4. The fourth-order valence-electron chi connectivity index (χ4n) is 3.07. The van der Waals surface area contributed by atoms with Crippen molar-refractivity contribution in [1.82, 2.24) is 25.4 Å². The second-order valence-electron chi connectivity index (χ2n) is 6.77. The minimum absolute atomic E-state index is 0. The Bertz CT molecular complexity index is 533. The van der Waals surface area contributed by atoms with Gasteiger partial charge in [-0.25, -0.2) is 4.99 Å². The van der Waals surface area contributed by atoms with Crippen LogP contribution in [-0.4, -0.2) is 45.3 Å². The van der Waals surface area contributed by atoms with E-state index in [0.717, 1.165) is 36.5 Å². The maximum atomic E-state index is 4.75. The number of guanidine groups is 1. The monoisotopic (exact) mass is 480 g/mol. The van der Waals surface area contributed by atoms with Gasteiger partial charge in [-0.05, 0) is 44.1 Å². The van der Waals surface area contributed by atoms with Crippen molar-refractivity contribution in [3.63, 3.8) is 0 Å². The molecule has 0 amide bonds. The molecule has 0 saturated heterocycles. The second-order valence-corrected chi connectivity index (χ2v) is 7.76. The molecule has 0 aliphatic heterocycles. The molecular formula is C17H33IN6S. The summed E-state index contributed by atoms with van der Waals surface area (Å²) in [7, 11) is 1.99. The van der Waals surface area contributed by atoms with Crippen molar-refractivity contribution in [2.45, 2.75) is 58.5 Å². The molecule has 1 aromatic heterocycles. The summed E-state index contributed by atoms with van der Waals surface area (Å²) in [6.07, 6.45) is 8.41. The lowest BCUT2D eigenvalue weighted by atomic mass is 9.87. The van der Waals surface area contributed by atoms with Gasteiger partial charge < -0.3 is 15.2 Å². The normalized spacial score (nSPS) is 20.9. The average Bonchev–Trinajstić information content (AvgIpc) is 2.88. The van der Waals surface area contributed by atoms with E-state index in [4.69, 9.17) is 4.99 Å². The average molecular weight is 480 g/mol. The molecule has 6 nitrogen and oxygen atoms in total. The van der Waals surface area contributed by atoms with Gasteiger partial charge in [-0.1, -0.05) is 19.8 Å². The third kappa shape index (κ3) is 7.72. The first kappa shape index (κ1) is 22.5. The number of thioether (sulfide) groups is 1. The Morgan fingerprint density at radius 3 is 2.80 bits per heavy atom. The number of nitrogens with one attached hydrogen (secondary N) is 2. The Balaban J connectivity index is 0.00000312. The van der Waals surface area contributed by atoms with Gasteiger partial charge in [0, 0.05) is 19.6 Å².